The van der Waals surface area contributed by atoms with E-state index < -0.39 is 0 Å². The van der Waals surface area contributed by atoms with E-state index in [0.29, 0.717) is 23.9 Å². The summed E-state index contributed by atoms with van der Waals surface area (Å²) in [5.74, 6) is 1.19. The maximum Gasteiger partial charge on any atom is 0.258 e. The molecule has 0 aliphatic rings. The molecule has 1 aromatic carbocycles. The molecule has 5 nitrogen and oxygen atoms in total. The summed E-state index contributed by atoms with van der Waals surface area (Å²) >= 11 is 0. The molecule has 0 spiro atoms. The smallest absolute Gasteiger partial charge is 0.258 e. The van der Waals surface area contributed by atoms with Gasteiger partial charge >= 0.3 is 0 Å². The zero-order chi connectivity index (χ0) is 12.4. The maximum absolute atomic E-state index is 5.75. The van der Waals surface area contributed by atoms with Crippen molar-refractivity contribution in [3.05, 3.63) is 29.6 Å². The highest BCUT2D eigenvalue weighted by Crippen LogP contribution is 2.23. The van der Waals surface area contributed by atoms with Crippen LogP contribution in [0.1, 0.15) is 11.4 Å². The molecular formula is C12H16N4O. The van der Waals surface area contributed by atoms with E-state index >= 15 is 0 Å². The Bertz CT molecular complexity index is 519. The number of rotatable bonds is 3. The number of aryl methyl sites for hydroxylation is 1. The van der Waals surface area contributed by atoms with Crippen molar-refractivity contribution in [2.75, 3.05) is 19.8 Å². The van der Waals surface area contributed by atoms with Crippen molar-refractivity contribution in [1.29, 1.82) is 0 Å². The molecule has 5 heteroatoms. The average molecular weight is 232 g/mol. The van der Waals surface area contributed by atoms with Gasteiger partial charge in [-0.25, -0.2) is 0 Å². The van der Waals surface area contributed by atoms with Gasteiger partial charge in [-0.15, -0.1) is 0 Å². The normalized spacial score (nSPS) is 11.1. The quantitative estimate of drug-likeness (QED) is 0.815. The summed E-state index contributed by atoms with van der Waals surface area (Å²) in [5, 5.41) is 3.93. The first-order valence-electron chi connectivity index (χ1n) is 5.40. The number of benzene rings is 1. The lowest BCUT2D eigenvalue weighted by Gasteiger charge is -2.03. The fraction of sp³-hybridized carbons (Fsp3) is 0.333. The number of anilines is 1. The van der Waals surface area contributed by atoms with Crippen LogP contribution in [0, 0.1) is 6.92 Å². The second-order valence-electron chi connectivity index (χ2n) is 4.33. The highest BCUT2D eigenvalue weighted by Gasteiger charge is 2.11. The lowest BCUT2D eigenvalue weighted by molar-refractivity contribution is 0.365. The molecule has 0 amide bonds. The SMILES string of the molecule is Cc1ccc(N)cc1-c1nc(CN(C)C)no1. The summed E-state index contributed by atoms with van der Waals surface area (Å²) < 4.78 is 5.24. The molecule has 90 valence electrons. The van der Waals surface area contributed by atoms with Gasteiger partial charge < -0.3 is 15.2 Å². The van der Waals surface area contributed by atoms with E-state index in [9.17, 15) is 0 Å². The summed E-state index contributed by atoms with van der Waals surface area (Å²) in [7, 11) is 3.92. The van der Waals surface area contributed by atoms with Crippen molar-refractivity contribution < 1.29 is 4.52 Å². The predicted molar refractivity (Wildman–Crippen MR) is 66.3 cm³/mol. The third kappa shape index (κ3) is 2.62. The molecular weight excluding hydrogens is 216 g/mol. The molecule has 0 unspecified atom stereocenters. The second-order valence-corrected chi connectivity index (χ2v) is 4.33. The molecule has 1 aromatic heterocycles. The topological polar surface area (TPSA) is 68.2 Å². The zero-order valence-corrected chi connectivity index (χ0v) is 10.3. The van der Waals surface area contributed by atoms with Gasteiger partial charge in [-0.1, -0.05) is 11.2 Å². The summed E-state index contributed by atoms with van der Waals surface area (Å²) in [6.45, 7) is 2.65. The van der Waals surface area contributed by atoms with E-state index in [0.717, 1.165) is 11.1 Å². The molecule has 0 saturated heterocycles. The average Bonchev–Trinajstić information content (AvgIpc) is 2.69. The fourth-order valence-corrected chi connectivity index (χ4v) is 1.58. The molecule has 0 saturated carbocycles. The Balaban J connectivity index is 2.33. The number of aromatic nitrogens is 2. The molecule has 0 aliphatic heterocycles. The molecule has 0 aliphatic carbocycles. The van der Waals surface area contributed by atoms with Crippen molar-refractivity contribution in [2.45, 2.75) is 13.5 Å². The summed E-state index contributed by atoms with van der Waals surface area (Å²) in [5.41, 5.74) is 8.41. The van der Waals surface area contributed by atoms with E-state index in [1.54, 1.807) is 0 Å². The van der Waals surface area contributed by atoms with Gasteiger partial charge in [0.1, 0.15) is 0 Å². The molecule has 0 bridgehead atoms. The van der Waals surface area contributed by atoms with Gasteiger partial charge in [0.2, 0.25) is 0 Å². The number of nitrogen functional groups attached to an aromatic ring is 1. The van der Waals surface area contributed by atoms with E-state index in [1.165, 1.54) is 0 Å². The zero-order valence-electron chi connectivity index (χ0n) is 10.3. The minimum Gasteiger partial charge on any atom is -0.399 e. The molecule has 1 heterocycles. The lowest BCUT2D eigenvalue weighted by Crippen LogP contribution is -2.11. The van der Waals surface area contributed by atoms with Crippen LogP contribution in [0.15, 0.2) is 22.7 Å². The summed E-state index contributed by atoms with van der Waals surface area (Å²) in [6, 6.07) is 5.65. The van der Waals surface area contributed by atoms with Crippen LogP contribution in [-0.4, -0.2) is 29.1 Å². The van der Waals surface area contributed by atoms with Crippen molar-refractivity contribution in [3.63, 3.8) is 0 Å². The Morgan fingerprint density at radius 2 is 2.12 bits per heavy atom. The number of hydrogen-bond acceptors (Lipinski definition) is 5. The lowest BCUT2D eigenvalue weighted by atomic mass is 10.1. The first-order chi connectivity index (χ1) is 8.06. The van der Waals surface area contributed by atoms with Gasteiger partial charge in [0.05, 0.1) is 6.54 Å². The number of nitrogens with zero attached hydrogens (tertiary/aromatic N) is 3. The van der Waals surface area contributed by atoms with Crippen LogP contribution >= 0.6 is 0 Å². The van der Waals surface area contributed by atoms with Gasteiger partial charge in [-0.2, -0.15) is 4.98 Å². The summed E-state index contributed by atoms with van der Waals surface area (Å²) in [4.78, 5) is 6.33. The third-order valence-corrected chi connectivity index (χ3v) is 2.42. The Kier molecular flexibility index (Phi) is 3.10. The van der Waals surface area contributed by atoms with Gasteiger partial charge in [0, 0.05) is 11.3 Å². The van der Waals surface area contributed by atoms with Crippen LogP contribution in [0.5, 0.6) is 0 Å². The largest absolute Gasteiger partial charge is 0.399 e. The Hall–Kier alpha value is -1.88. The van der Waals surface area contributed by atoms with Crippen molar-refractivity contribution >= 4 is 5.69 Å². The maximum atomic E-state index is 5.75. The molecule has 0 fully saturated rings. The van der Waals surface area contributed by atoms with Crippen LogP contribution in [0.25, 0.3) is 11.5 Å². The van der Waals surface area contributed by atoms with E-state index in [-0.39, 0.29) is 0 Å². The van der Waals surface area contributed by atoms with Crippen LogP contribution in [0.3, 0.4) is 0 Å². The van der Waals surface area contributed by atoms with E-state index in [1.807, 2.05) is 44.1 Å². The fourth-order valence-electron chi connectivity index (χ4n) is 1.58. The van der Waals surface area contributed by atoms with Gasteiger partial charge in [-0.3, -0.25) is 0 Å². The van der Waals surface area contributed by atoms with Gasteiger partial charge in [-0.05, 0) is 38.7 Å². The molecule has 2 N–H and O–H groups in total. The summed E-state index contributed by atoms with van der Waals surface area (Å²) in [6.07, 6.45) is 0. The highest BCUT2D eigenvalue weighted by atomic mass is 16.5. The Morgan fingerprint density at radius 3 is 2.82 bits per heavy atom. The van der Waals surface area contributed by atoms with Crippen LogP contribution in [-0.2, 0) is 6.54 Å². The molecule has 2 aromatic rings. The Labute approximate surface area is 100 Å². The second kappa shape index (κ2) is 4.55. The van der Waals surface area contributed by atoms with E-state index in [2.05, 4.69) is 10.1 Å². The van der Waals surface area contributed by atoms with Crippen molar-refractivity contribution in [3.8, 4) is 11.5 Å². The van der Waals surface area contributed by atoms with E-state index in [4.69, 9.17) is 10.3 Å². The minimum atomic E-state index is 0.520. The van der Waals surface area contributed by atoms with Crippen LogP contribution < -0.4 is 5.73 Å². The highest BCUT2D eigenvalue weighted by molar-refractivity contribution is 5.63. The number of hydrogen-bond donors (Lipinski definition) is 1. The first kappa shape index (κ1) is 11.6. The minimum absolute atomic E-state index is 0.520. The monoisotopic (exact) mass is 232 g/mol. The third-order valence-electron chi connectivity index (χ3n) is 2.42. The molecule has 0 atom stereocenters. The van der Waals surface area contributed by atoms with Crippen molar-refractivity contribution in [2.24, 2.45) is 0 Å². The standard InChI is InChI=1S/C12H16N4O/c1-8-4-5-9(13)6-10(8)12-14-11(15-17-12)7-16(2)3/h4-6H,7,13H2,1-3H3. The number of nitrogens with two attached hydrogens (primary N) is 1. The molecule has 2 rings (SSSR count). The van der Waals surface area contributed by atoms with Crippen LogP contribution in [0.4, 0.5) is 5.69 Å². The van der Waals surface area contributed by atoms with Crippen molar-refractivity contribution in [1.82, 2.24) is 15.0 Å². The first-order valence-corrected chi connectivity index (χ1v) is 5.40. The predicted octanol–water partition coefficient (Wildman–Crippen LogP) is 1.69. The molecule has 0 radical (unpaired) electrons. The van der Waals surface area contributed by atoms with Gasteiger partial charge in [0.15, 0.2) is 5.82 Å². The molecule has 17 heavy (non-hydrogen) atoms. The van der Waals surface area contributed by atoms with Gasteiger partial charge in [0.25, 0.3) is 5.89 Å². The Morgan fingerprint density at radius 1 is 1.35 bits per heavy atom. The van der Waals surface area contributed by atoms with Crippen LogP contribution in [0.2, 0.25) is 0 Å².